The van der Waals surface area contributed by atoms with Crippen LogP contribution in [0.15, 0.2) is 11.9 Å². The van der Waals surface area contributed by atoms with E-state index in [1.54, 1.807) is 0 Å². The molecule has 0 aliphatic heterocycles. The van der Waals surface area contributed by atoms with Crippen LogP contribution < -0.4 is 5.32 Å². The summed E-state index contributed by atoms with van der Waals surface area (Å²) in [5.74, 6) is 1.20. The highest BCUT2D eigenvalue weighted by Crippen LogP contribution is 1.96. The third-order valence-corrected chi connectivity index (χ3v) is 1.36. The smallest absolute Gasteiger partial charge is 0.0963 e. The van der Waals surface area contributed by atoms with Crippen LogP contribution in [0.1, 0.15) is 19.8 Å². The number of rotatable bonds is 4. The molecule has 0 aliphatic rings. The Bertz CT molecular complexity index is 106. The lowest BCUT2D eigenvalue weighted by Gasteiger charge is -2.16. The molecule has 1 N–H and O–H groups in total. The van der Waals surface area contributed by atoms with Crippen LogP contribution in [0.4, 0.5) is 0 Å². The summed E-state index contributed by atoms with van der Waals surface area (Å²) in [6.45, 7) is 2.18. The van der Waals surface area contributed by atoms with Crippen LogP contribution in [0.3, 0.4) is 0 Å². The first kappa shape index (κ1) is 9.34. The standard InChI is InChI=1S/C8H18N2/c1-5-6-7-8(9-2)10(3)4/h7,9H,5-6H2,1-4H3/b8-7-. The van der Waals surface area contributed by atoms with Crippen molar-refractivity contribution in [3.05, 3.63) is 11.9 Å². The van der Waals surface area contributed by atoms with Gasteiger partial charge in [0, 0.05) is 21.1 Å². The maximum atomic E-state index is 3.12. The highest BCUT2D eigenvalue weighted by atomic mass is 15.2. The number of unbranched alkanes of at least 4 members (excludes halogenated alkanes) is 1. The fourth-order valence-corrected chi connectivity index (χ4v) is 0.789. The van der Waals surface area contributed by atoms with Crippen molar-refractivity contribution >= 4 is 0 Å². The molecule has 0 aromatic carbocycles. The van der Waals surface area contributed by atoms with E-state index in [0.717, 1.165) is 6.42 Å². The Hall–Kier alpha value is -0.660. The van der Waals surface area contributed by atoms with Crippen LogP contribution in [-0.4, -0.2) is 26.0 Å². The minimum Gasteiger partial charge on any atom is -0.375 e. The van der Waals surface area contributed by atoms with E-state index in [1.165, 1.54) is 12.2 Å². The summed E-state index contributed by atoms with van der Waals surface area (Å²) in [6, 6.07) is 0. The second kappa shape index (κ2) is 5.15. The van der Waals surface area contributed by atoms with E-state index in [-0.39, 0.29) is 0 Å². The van der Waals surface area contributed by atoms with Crippen LogP contribution in [0.2, 0.25) is 0 Å². The Morgan fingerprint density at radius 2 is 2.10 bits per heavy atom. The van der Waals surface area contributed by atoms with Gasteiger partial charge in [0.2, 0.25) is 0 Å². The van der Waals surface area contributed by atoms with Crippen LogP contribution in [0, 0.1) is 0 Å². The van der Waals surface area contributed by atoms with Crippen molar-refractivity contribution in [1.82, 2.24) is 10.2 Å². The first-order valence-corrected chi connectivity index (χ1v) is 3.77. The Morgan fingerprint density at radius 1 is 1.50 bits per heavy atom. The lowest BCUT2D eigenvalue weighted by atomic mass is 10.3. The third kappa shape index (κ3) is 3.38. The molecule has 0 unspecified atom stereocenters. The molecule has 0 radical (unpaired) electrons. The molecule has 2 nitrogen and oxygen atoms in total. The summed E-state index contributed by atoms with van der Waals surface area (Å²) in [5, 5.41) is 3.12. The van der Waals surface area contributed by atoms with Gasteiger partial charge < -0.3 is 10.2 Å². The summed E-state index contributed by atoms with van der Waals surface area (Å²) in [4.78, 5) is 2.08. The van der Waals surface area contributed by atoms with Gasteiger partial charge in [-0.05, 0) is 12.5 Å². The van der Waals surface area contributed by atoms with Crippen LogP contribution in [0.5, 0.6) is 0 Å². The molecule has 0 aliphatic carbocycles. The highest BCUT2D eigenvalue weighted by Gasteiger charge is 1.92. The zero-order valence-corrected chi connectivity index (χ0v) is 7.44. The maximum Gasteiger partial charge on any atom is 0.0963 e. The van der Waals surface area contributed by atoms with Crippen molar-refractivity contribution in [2.24, 2.45) is 0 Å². The Balaban J connectivity index is 3.79. The molecule has 0 spiro atoms. The first-order chi connectivity index (χ1) is 4.72. The molecule has 0 bridgehead atoms. The number of hydrogen-bond donors (Lipinski definition) is 1. The quantitative estimate of drug-likeness (QED) is 0.638. The van der Waals surface area contributed by atoms with Crippen molar-refractivity contribution in [3.8, 4) is 0 Å². The highest BCUT2D eigenvalue weighted by molar-refractivity contribution is 4.95. The maximum absolute atomic E-state index is 3.12. The van der Waals surface area contributed by atoms with E-state index in [4.69, 9.17) is 0 Å². The van der Waals surface area contributed by atoms with Gasteiger partial charge in [-0.25, -0.2) is 0 Å². The van der Waals surface area contributed by atoms with Gasteiger partial charge in [-0.3, -0.25) is 0 Å². The molecule has 0 saturated heterocycles. The topological polar surface area (TPSA) is 15.3 Å². The lowest BCUT2D eigenvalue weighted by Crippen LogP contribution is -2.21. The van der Waals surface area contributed by atoms with E-state index in [2.05, 4.69) is 23.2 Å². The summed E-state index contributed by atoms with van der Waals surface area (Å²) < 4.78 is 0. The molecule has 0 rings (SSSR count). The monoisotopic (exact) mass is 142 g/mol. The third-order valence-electron chi connectivity index (χ3n) is 1.36. The molecule has 0 fully saturated rings. The van der Waals surface area contributed by atoms with E-state index in [0.29, 0.717) is 0 Å². The van der Waals surface area contributed by atoms with Crippen molar-refractivity contribution in [2.45, 2.75) is 19.8 Å². The second-order valence-electron chi connectivity index (χ2n) is 2.52. The molecule has 0 amide bonds. The molecule has 0 heterocycles. The Morgan fingerprint density at radius 3 is 2.40 bits per heavy atom. The van der Waals surface area contributed by atoms with E-state index in [9.17, 15) is 0 Å². The Labute approximate surface area is 63.9 Å². The summed E-state index contributed by atoms with van der Waals surface area (Å²) in [7, 11) is 6.03. The molecular formula is C8H18N2. The molecule has 0 saturated carbocycles. The largest absolute Gasteiger partial charge is 0.375 e. The zero-order valence-electron chi connectivity index (χ0n) is 7.44. The van der Waals surface area contributed by atoms with E-state index < -0.39 is 0 Å². The van der Waals surface area contributed by atoms with Gasteiger partial charge in [0.15, 0.2) is 0 Å². The molecule has 0 aromatic rings. The zero-order chi connectivity index (χ0) is 7.98. The molecule has 10 heavy (non-hydrogen) atoms. The van der Waals surface area contributed by atoms with Crippen molar-refractivity contribution in [3.63, 3.8) is 0 Å². The van der Waals surface area contributed by atoms with Crippen LogP contribution >= 0.6 is 0 Å². The van der Waals surface area contributed by atoms with Gasteiger partial charge in [-0.15, -0.1) is 0 Å². The molecule has 0 aromatic heterocycles. The van der Waals surface area contributed by atoms with Gasteiger partial charge in [-0.2, -0.15) is 0 Å². The van der Waals surface area contributed by atoms with Crippen molar-refractivity contribution in [2.75, 3.05) is 21.1 Å². The van der Waals surface area contributed by atoms with Gasteiger partial charge in [0.1, 0.15) is 0 Å². The molecule has 60 valence electrons. The van der Waals surface area contributed by atoms with Crippen molar-refractivity contribution in [1.29, 1.82) is 0 Å². The SMILES string of the molecule is CCC/C=C(/NC)N(C)C. The predicted molar refractivity (Wildman–Crippen MR) is 45.7 cm³/mol. The van der Waals surface area contributed by atoms with E-state index in [1.807, 2.05) is 21.1 Å². The van der Waals surface area contributed by atoms with Gasteiger partial charge in [0.25, 0.3) is 0 Å². The molecule has 2 heteroatoms. The lowest BCUT2D eigenvalue weighted by molar-refractivity contribution is 0.472. The summed E-state index contributed by atoms with van der Waals surface area (Å²) in [6.07, 6.45) is 4.56. The van der Waals surface area contributed by atoms with Gasteiger partial charge in [-0.1, -0.05) is 13.3 Å². The minimum absolute atomic E-state index is 1.15. The van der Waals surface area contributed by atoms with E-state index >= 15 is 0 Å². The molecular weight excluding hydrogens is 124 g/mol. The normalized spacial score (nSPS) is 11.4. The number of hydrogen-bond acceptors (Lipinski definition) is 2. The fourth-order valence-electron chi connectivity index (χ4n) is 0.789. The average molecular weight is 142 g/mol. The predicted octanol–water partition coefficient (Wildman–Crippen LogP) is 1.41. The fraction of sp³-hybridized carbons (Fsp3) is 0.750. The molecule has 0 atom stereocenters. The number of allylic oxidation sites excluding steroid dienone is 1. The minimum atomic E-state index is 1.15. The second-order valence-corrected chi connectivity index (χ2v) is 2.52. The van der Waals surface area contributed by atoms with Crippen LogP contribution in [0.25, 0.3) is 0 Å². The number of nitrogens with one attached hydrogen (secondary N) is 1. The summed E-state index contributed by atoms with van der Waals surface area (Å²) >= 11 is 0. The van der Waals surface area contributed by atoms with Crippen LogP contribution in [-0.2, 0) is 0 Å². The van der Waals surface area contributed by atoms with Crippen molar-refractivity contribution < 1.29 is 0 Å². The number of nitrogens with zero attached hydrogens (tertiary/aromatic N) is 1. The van der Waals surface area contributed by atoms with Gasteiger partial charge in [0.05, 0.1) is 5.82 Å². The van der Waals surface area contributed by atoms with Gasteiger partial charge >= 0.3 is 0 Å². The Kier molecular flexibility index (Phi) is 4.81. The average Bonchev–Trinajstić information content (AvgIpc) is 1.89. The summed E-state index contributed by atoms with van der Waals surface area (Å²) in [5.41, 5.74) is 0. The first-order valence-electron chi connectivity index (χ1n) is 3.77.